The summed E-state index contributed by atoms with van der Waals surface area (Å²) >= 11 is 3.32. The molecule has 2 aromatic heterocycles. The van der Waals surface area contributed by atoms with Crippen LogP contribution >= 0.6 is 15.9 Å². The summed E-state index contributed by atoms with van der Waals surface area (Å²) in [6, 6.07) is 3.04. The summed E-state index contributed by atoms with van der Waals surface area (Å²) in [6.07, 6.45) is -0.153. The van der Waals surface area contributed by atoms with Crippen molar-refractivity contribution < 1.29 is 22.8 Å². The van der Waals surface area contributed by atoms with Crippen molar-refractivity contribution >= 4 is 33.3 Å². The number of nitrogens with zero attached hydrogens (tertiary/aromatic N) is 4. The molecular weight excluding hydrogens is 489 g/mol. The van der Waals surface area contributed by atoms with Crippen molar-refractivity contribution in [1.82, 2.24) is 19.4 Å². The third-order valence-electron chi connectivity index (χ3n) is 6.71. The van der Waals surface area contributed by atoms with Gasteiger partial charge in [-0.05, 0) is 71.6 Å². The minimum atomic E-state index is -4.63. The Labute approximate surface area is 192 Å². The Morgan fingerprint density at radius 1 is 1.22 bits per heavy atom. The fourth-order valence-corrected chi connectivity index (χ4v) is 5.10. The zero-order chi connectivity index (χ0) is 23.2. The lowest BCUT2D eigenvalue weighted by Gasteiger charge is -2.42. The van der Waals surface area contributed by atoms with Gasteiger partial charge >= 0.3 is 6.18 Å². The number of fused-ring (bicyclic) bond motifs is 1. The van der Waals surface area contributed by atoms with Gasteiger partial charge in [0.25, 0.3) is 5.91 Å². The van der Waals surface area contributed by atoms with E-state index in [1.807, 2.05) is 18.7 Å². The second kappa shape index (κ2) is 8.68. The molecule has 2 aromatic rings. The molecular formula is C22H26BrF3N4O2. The van der Waals surface area contributed by atoms with E-state index in [4.69, 9.17) is 0 Å². The Bertz CT molecular complexity index is 1040. The standard InChI is InChI=1S/C22H26BrF3N4O2/c1-3-13(4-2)14-10-16-19(23)20(27-30(16)17(11-14)22(24,25)26)21(32)28-8-9-29(18(31)12-28)15-6-5-7-15/h10-11,13,15H,3-9,12H2,1-2H3. The third-order valence-corrected chi connectivity index (χ3v) is 7.49. The second-order valence-electron chi connectivity index (χ2n) is 8.54. The van der Waals surface area contributed by atoms with Gasteiger partial charge in [-0.2, -0.15) is 18.3 Å². The molecule has 0 spiro atoms. The van der Waals surface area contributed by atoms with Crippen LogP contribution in [0.2, 0.25) is 0 Å². The van der Waals surface area contributed by atoms with Crippen LogP contribution in [0.5, 0.6) is 0 Å². The third kappa shape index (κ3) is 4.02. The number of hydrogen-bond donors (Lipinski definition) is 0. The summed E-state index contributed by atoms with van der Waals surface area (Å²) in [5.41, 5.74) is -0.257. The minimum absolute atomic E-state index is 0.0285. The van der Waals surface area contributed by atoms with Crippen LogP contribution in [0, 0.1) is 0 Å². The van der Waals surface area contributed by atoms with Crippen molar-refractivity contribution in [2.24, 2.45) is 0 Å². The van der Waals surface area contributed by atoms with Crippen LogP contribution < -0.4 is 0 Å². The summed E-state index contributed by atoms with van der Waals surface area (Å²) in [7, 11) is 0. The van der Waals surface area contributed by atoms with Crippen LogP contribution in [0.15, 0.2) is 16.6 Å². The molecule has 0 atom stereocenters. The fraction of sp³-hybridized carbons (Fsp3) is 0.591. The predicted molar refractivity (Wildman–Crippen MR) is 116 cm³/mol. The van der Waals surface area contributed by atoms with Crippen LogP contribution in [0.25, 0.3) is 5.52 Å². The maximum atomic E-state index is 13.9. The van der Waals surface area contributed by atoms with E-state index in [1.54, 1.807) is 6.07 Å². The quantitative estimate of drug-likeness (QED) is 0.572. The van der Waals surface area contributed by atoms with Gasteiger partial charge in [0.05, 0.1) is 9.99 Å². The maximum Gasteiger partial charge on any atom is 0.433 e. The highest BCUT2D eigenvalue weighted by Gasteiger charge is 2.38. The molecule has 10 heteroatoms. The second-order valence-corrected chi connectivity index (χ2v) is 9.34. The van der Waals surface area contributed by atoms with Crippen molar-refractivity contribution in [2.75, 3.05) is 19.6 Å². The fourth-order valence-electron chi connectivity index (χ4n) is 4.57. The van der Waals surface area contributed by atoms with E-state index in [2.05, 4.69) is 21.0 Å². The van der Waals surface area contributed by atoms with E-state index in [0.717, 1.165) is 29.8 Å². The number of carbonyl (C=O) groups is 2. The number of pyridine rings is 1. The number of hydrogen-bond acceptors (Lipinski definition) is 3. The molecule has 2 aliphatic rings. The van der Waals surface area contributed by atoms with Gasteiger partial charge in [0, 0.05) is 19.1 Å². The minimum Gasteiger partial charge on any atom is -0.336 e. The smallest absolute Gasteiger partial charge is 0.336 e. The number of carbonyl (C=O) groups excluding carboxylic acids is 2. The first-order valence-electron chi connectivity index (χ1n) is 11.0. The predicted octanol–water partition coefficient (Wildman–Crippen LogP) is 4.86. The molecule has 0 bridgehead atoms. The van der Waals surface area contributed by atoms with Crippen molar-refractivity contribution in [3.05, 3.63) is 33.6 Å². The van der Waals surface area contributed by atoms with Crippen LogP contribution in [-0.4, -0.2) is 56.9 Å². The zero-order valence-electron chi connectivity index (χ0n) is 18.1. The molecule has 2 amide bonds. The van der Waals surface area contributed by atoms with E-state index in [0.29, 0.717) is 31.5 Å². The molecule has 0 N–H and O–H groups in total. The van der Waals surface area contributed by atoms with Crippen molar-refractivity contribution in [1.29, 1.82) is 0 Å². The lowest BCUT2D eigenvalue weighted by Crippen LogP contribution is -2.56. The van der Waals surface area contributed by atoms with E-state index >= 15 is 0 Å². The Balaban J connectivity index is 1.69. The van der Waals surface area contributed by atoms with Crippen molar-refractivity contribution in [3.63, 3.8) is 0 Å². The van der Waals surface area contributed by atoms with Crippen molar-refractivity contribution in [3.8, 4) is 0 Å². The van der Waals surface area contributed by atoms with Crippen LogP contribution in [0.3, 0.4) is 0 Å². The lowest BCUT2D eigenvalue weighted by atomic mass is 9.91. The van der Waals surface area contributed by atoms with E-state index in [1.165, 1.54) is 4.90 Å². The molecule has 0 radical (unpaired) electrons. The highest BCUT2D eigenvalue weighted by molar-refractivity contribution is 9.10. The SMILES string of the molecule is CCC(CC)c1cc(C(F)(F)F)n2nc(C(=O)N3CCN(C4CCC4)C(=O)C3)c(Br)c2c1. The largest absolute Gasteiger partial charge is 0.433 e. The van der Waals surface area contributed by atoms with Gasteiger partial charge in [-0.15, -0.1) is 0 Å². The molecule has 0 aromatic carbocycles. The lowest BCUT2D eigenvalue weighted by molar-refractivity contribution is -0.142. The average Bonchev–Trinajstić information content (AvgIpc) is 3.04. The van der Waals surface area contributed by atoms with Gasteiger partial charge in [-0.25, -0.2) is 4.52 Å². The topological polar surface area (TPSA) is 57.9 Å². The first-order chi connectivity index (χ1) is 15.2. The van der Waals surface area contributed by atoms with Crippen LogP contribution in [-0.2, 0) is 11.0 Å². The highest BCUT2D eigenvalue weighted by Crippen LogP contribution is 2.37. The number of halogens is 4. The highest BCUT2D eigenvalue weighted by atomic mass is 79.9. The first-order valence-corrected chi connectivity index (χ1v) is 11.8. The first kappa shape index (κ1) is 23.1. The Morgan fingerprint density at radius 3 is 2.44 bits per heavy atom. The average molecular weight is 515 g/mol. The van der Waals surface area contributed by atoms with Gasteiger partial charge in [0.1, 0.15) is 12.2 Å². The van der Waals surface area contributed by atoms with Gasteiger partial charge in [-0.3, -0.25) is 9.59 Å². The summed E-state index contributed by atoms with van der Waals surface area (Å²) in [5, 5.41) is 4.05. The number of amides is 2. The summed E-state index contributed by atoms with van der Waals surface area (Å²) in [4.78, 5) is 28.9. The molecule has 0 unspecified atom stereocenters. The molecule has 174 valence electrons. The number of alkyl halides is 3. The van der Waals surface area contributed by atoms with Gasteiger partial charge < -0.3 is 9.80 Å². The number of piperazine rings is 1. The molecule has 3 heterocycles. The molecule has 6 nitrogen and oxygen atoms in total. The molecule has 2 fully saturated rings. The van der Waals surface area contributed by atoms with E-state index < -0.39 is 17.8 Å². The van der Waals surface area contributed by atoms with Gasteiger partial charge in [-0.1, -0.05) is 13.8 Å². The molecule has 4 rings (SSSR count). The molecule has 32 heavy (non-hydrogen) atoms. The van der Waals surface area contributed by atoms with Crippen molar-refractivity contribution in [2.45, 2.75) is 64.1 Å². The van der Waals surface area contributed by atoms with Crippen LogP contribution in [0.1, 0.15) is 73.6 Å². The Kier molecular flexibility index (Phi) is 6.26. The Hall–Kier alpha value is -2.10. The molecule has 1 aliphatic carbocycles. The molecule has 1 saturated heterocycles. The Morgan fingerprint density at radius 2 is 1.91 bits per heavy atom. The normalized spacial score (nSPS) is 18.0. The summed E-state index contributed by atoms with van der Waals surface area (Å²) in [6.45, 7) is 4.57. The molecule has 1 saturated carbocycles. The van der Waals surface area contributed by atoms with E-state index in [-0.39, 0.29) is 40.1 Å². The monoisotopic (exact) mass is 514 g/mol. The van der Waals surface area contributed by atoms with Crippen LogP contribution in [0.4, 0.5) is 13.2 Å². The zero-order valence-corrected chi connectivity index (χ0v) is 19.7. The number of rotatable bonds is 5. The summed E-state index contributed by atoms with van der Waals surface area (Å²) < 4.78 is 42.6. The van der Waals surface area contributed by atoms with E-state index in [9.17, 15) is 22.8 Å². The van der Waals surface area contributed by atoms with Gasteiger partial charge in [0.15, 0.2) is 5.69 Å². The summed E-state index contributed by atoms with van der Waals surface area (Å²) in [5.74, 6) is -0.695. The maximum absolute atomic E-state index is 13.9. The van der Waals surface area contributed by atoms with Gasteiger partial charge in [0.2, 0.25) is 5.91 Å². The number of aromatic nitrogens is 2. The molecule has 1 aliphatic heterocycles.